The van der Waals surface area contributed by atoms with Crippen molar-refractivity contribution < 1.29 is 28.1 Å². The molecule has 1 saturated heterocycles. The lowest BCUT2D eigenvalue weighted by molar-refractivity contribution is -0.0493. The molecule has 14 nitrogen and oxygen atoms in total. The van der Waals surface area contributed by atoms with Crippen LogP contribution in [0.5, 0.6) is 5.75 Å². The molecule has 0 spiro atoms. The fourth-order valence-corrected chi connectivity index (χ4v) is 6.36. The summed E-state index contributed by atoms with van der Waals surface area (Å²) in [6.45, 7) is 8.08. The number of nitrogens with two attached hydrogens (primary N) is 1. The van der Waals surface area contributed by atoms with Crippen LogP contribution in [0.2, 0.25) is 5.02 Å². The molecule has 3 heterocycles. The van der Waals surface area contributed by atoms with Crippen LogP contribution in [0.3, 0.4) is 0 Å². The van der Waals surface area contributed by atoms with Crippen molar-refractivity contribution in [2.24, 2.45) is 0 Å². The van der Waals surface area contributed by atoms with Gasteiger partial charge in [-0.2, -0.15) is 10.2 Å². The second kappa shape index (κ2) is 14.2. The second-order valence-corrected chi connectivity index (χ2v) is 11.8. The van der Waals surface area contributed by atoms with E-state index in [0.29, 0.717) is 5.02 Å². The third kappa shape index (κ3) is 7.74. The Morgan fingerprint density at radius 3 is 2.69 bits per heavy atom. The number of aromatic nitrogens is 4. The zero-order chi connectivity index (χ0) is 30.4. The summed E-state index contributed by atoms with van der Waals surface area (Å²) in [5.74, 6) is 0.198. The van der Waals surface area contributed by atoms with E-state index in [0.717, 1.165) is 0 Å². The Bertz CT molecular complexity index is 1450. The number of fused-ring (bicyclic) bond motifs is 1. The van der Waals surface area contributed by atoms with Crippen LogP contribution in [0.1, 0.15) is 46.8 Å². The molecule has 2 aromatic heterocycles. The van der Waals surface area contributed by atoms with Gasteiger partial charge in [-0.3, -0.25) is 14.3 Å². The third-order valence-electron chi connectivity index (χ3n) is 6.21. The number of nitrogens with one attached hydrogen (secondary N) is 1. The number of nitriles is 1. The smallest absolute Gasteiger partial charge is 0.431 e. The highest BCUT2D eigenvalue weighted by molar-refractivity contribution is 7.44. The zero-order valence-corrected chi connectivity index (χ0v) is 25.2. The first-order chi connectivity index (χ1) is 20.1. The molecule has 16 heteroatoms. The van der Waals surface area contributed by atoms with Gasteiger partial charge in [0.1, 0.15) is 24.7 Å². The SMILES string of the molecule is CC(C)N(C(C)C)P(OCCC#N)O[C@H]1C[C@H](n2cnc3c(=O)[nH]c(N)nc32)O[C@@H]1COC(=O)Oc1ccc(Cl)cc1. The standard InChI is InChI=1S/C26H33ClN7O7P/c1-15(2)34(16(3)4)42(38-11-5-10-28)41-19-12-21(33-14-30-22-23(33)31-25(29)32-24(22)35)40-20(19)13-37-26(36)39-18-8-6-17(27)7-9-18/h6-9,14-16,19-21H,5,11-13H2,1-4H3,(H3,29,31,32,35)/t19-,20+,21+,42?/m0/s1. The summed E-state index contributed by atoms with van der Waals surface area (Å²) in [4.78, 5) is 35.7. The first-order valence-electron chi connectivity index (χ1n) is 13.3. The number of ether oxygens (including phenoxy) is 3. The molecule has 1 unspecified atom stereocenters. The lowest BCUT2D eigenvalue weighted by atomic mass is 10.2. The van der Waals surface area contributed by atoms with Crippen molar-refractivity contribution in [3.8, 4) is 11.8 Å². The van der Waals surface area contributed by atoms with Crippen LogP contribution < -0.4 is 16.0 Å². The van der Waals surface area contributed by atoms with Crippen LogP contribution in [0.4, 0.5) is 10.7 Å². The third-order valence-corrected chi connectivity index (χ3v) is 8.62. The number of imidazole rings is 1. The Morgan fingerprint density at radius 2 is 2.02 bits per heavy atom. The number of hydrogen-bond donors (Lipinski definition) is 2. The number of rotatable bonds is 12. The largest absolute Gasteiger partial charge is 0.513 e. The number of carbonyl (C=O) groups excluding carboxylic acids is 1. The predicted molar refractivity (Wildman–Crippen MR) is 155 cm³/mol. The van der Waals surface area contributed by atoms with E-state index in [1.807, 2.05) is 27.7 Å². The van der Waals surface area contributed by atoms with Crippen LogP contribution in [0, 0.1) is 11.3 Å². The maximum Gasteiger partial charge on any atom is 0.513 e. The van der Waals surface area contributed by atoms with E-state index >= 15 is 0 Å². The van der Waals surface area contributed by atoms with Gasteiger partial charge in [-0.1, -0.05) is 11.6 Å². The number of aromatic amines is 1. The average molecular weight is 622 g/mol. The van der Waals surface area contributed by atoms with Gasteiger partial charge in [-0.25, -0.2) is 14.4 Å². The van der Waals surface area contributed by atoms with Crippen molar-refractivity contribution in [3.05, 3.63) is 46.0 Å². The molecule has 3 aromatic rings. The molecule has 1 fully saturated rings. The van der Waals surface area contributed by atoms with Gasteiger partial charge in [0.15, 0.2) is 11.2 Å². The summed E-state index contributed by atoms with van der Waals surface area (Å²) in [5.41, 5.74) is 5.64. The molecule has 0 saturated carbocycles. The van der Waals surface area contributed by atoms with Crippen LogP contribution in [0.25, 0.3) is 11.2 Å². The monoisotopic (exact) mass is 621 g/mol. The summed E-state index contributed by atoms with van der Waals surface area (Å²) in [5, 5.41) is 9.55. The number of nitrogen functional groups attached to an aromatic ring is 1. The van der Waals surface area contributed by atoms with Crippen molar-refractivity contribution >= 4 is 43.4 Å². The predicted octanol–water partition coefficient (Wildman–Crippen LogP) is 4.52. The van der Waals surface area contributed by atoms with E-state index in [1.165, 1.54) is 6.33 Å². The van der Waals surface area contributed by atoms with Gasteiger partial charge in [0.25, 0.3) is 14.1 Å². The summed E-state index contributed by atoms with van der Waals surface area (Å²) < 4.78 is 33.2. The highest BCUT2D eigenvalue weighted by atomic mass is 35.5. The van der Waals surface area contributed by atoms with Gasteiger partial charge >= 0.3 is 6.16 Å². The number of H-pyrrole nitrogens is 1. The lowest BCUT2D eigenvalue weighted by Crippen LogP contribution is -2.37. The first kappa shape index (κ1) is 31.6. The molecule has 42 heavy (non-hydrogen) atoms. The van der Waals surface area contributed by atoms with Gasteiger partial charge in [-0.05, 0) is 52.0 Å². The van der Waals surface area contributed by atoms with Crippen LogP contribution in [0.15, 0.2) is 35.4 Å². The fraction of sp³-hybridized carbons (Fsp3) is 0.500. The maximum atomic E-state index is 12.5. The van der Waals surface area contributed by atoms with E-state index in [2.05, 4.69) is 25.7 Å². The number of nitrogens with zero attached hydrogens (tertiary/aromatic N) is 5. The Kier molecular flexibility index (Phi) is 10.7. The highest BCUT2D eigenvalue weighted by Crippen LogP contribution is 2.50. The van der Waals surface area contributed by atoms with Gasteiger partial charge < -0.3 is 29.0 Å². The quantitative estimate of drug-likeness (QED) is 0.125. The minimum atomic E-state index is -1.64. The lowest BCUT2D eigenvalue weighted by Gasteiger charge is -2.37. The molecule has 0 aliphatic carbocycles. The molecule has 226 valence electrons. The topological polar surface area (TPSA) is 180 Å². The molecular formula is C26H33ClN7O7P. The summed E-state index contributed by atoms with van der Waals surface area (Å²) in [6.07, 6.45) is -1.08. The maximum absolute atomic E-state index is 12.5. The van der Waals surface area contributed by atoms with Crippen LogP contribution in [-0.2, 0) is 18.5 Å². The van der Waals surface area contributed by atoms with E-state index in [-0.39, 0.29) is 61.0 Å². The zero-order valence-electron chi connectivity index (χ0n) is 23.6. The van der Waals surface area contributed by atoms with E-state index in [4.69, 9.17) is 45.9 Å². The van der Waals surface area contributed by atoms with Crippen molar-refractivity contribution in [2.45, 2.75) is 71.1 Å². The summed E-state index contributed by atoms with van der Waals surface area (Å²) in [6, 6.07) is 8.47. The molecular weight excluding hydrogens is 589 g/mol. The van der Waals surface area contributed by atoms with E-state index in [9.17, 15) is 9.59 Å². The molecule has 1 aliphatic rings. The van der Waals surface area contributed by atoms with E-state index in [1.54, 1.807) is 28.8 Å². The average Bonchev–Trinajstić information content (AvgIpc) is 3.52. The molecule has 0 amide bonds. The van der Waals surface area contributed by atoms with Crippen molar-refractivity contribution in [3.63, 3.8) is 0 Å². The van der Waals surface area contributed by atoms with Gasteiger partial charge in [0.05, 0.1) is 31.5 Å². The van der Waals surface area contributed by atoms with Crippen LogP contribution in [-0.4, -0.2) is 67.9 Å². The highest BCUT2D eigenvalue weighted by Gasteiger charge is 2.42. The molecule has 0 bridgehead atoms. The number of benzene rings is 1. The normalized spacial score (nSPS) is 19.5. The second-order valence-electron chi connectivity index (χ2n) is 9.95. The first-order valence-corrected chi connectivity index (χ1v) is 14.8. The van der Waals surface area contributed by atoms with Gasteiger partial charge in [-0.15, -0.1) is 0 Å². The van der Waals surface area contributed by atoms with Crippen molar-refractivity contribution in [1.82, 2.24) is 24.2 Å². The molecule has 3 N–H and O–H groups in total. The summed E-state index contributed by atoms with van der Waals surface area (Å²) >= 11 is 5.90. The van der Waals surface area contributed by atoms with Gasteiger partial charge in [0, 0.05) is 23.5 Å². The fourth-order valence-electron chi connectivity index (χ4n) is 4.47. The minimum absolute atomic E-state index is 0.0659. The Labute approximate surface area is 248 Å². The molecule has 4 rings (SSSR count). The van der Waals surface area contributed by atoms with Crippen LogP contribution >= 0.6 is 20.1 Å². The number of hydrogen-bond acceptors (Lipinski definition) is 12. The molecule has 1 aromatic carbocycles. The molecule has 0 radical (unpaired) electrons. The minimum Gasteiger partial charge on any atom is -0.431 e. The van der Waals surface area contributed by atoms with Crippen molar-refractivity contribution in [1.29, 1.82) is 5.26 Å². The molecule has 4 atom stereocenters. The molecule has 1 aliphatic heterocycles. The Hall–Kier alpha value is -3.31. The Morgan fingerprint density at radius 1 is 1.31 bits per heavy atom. The number of anilines is 1. The Balaban J connectivity index is 1.57. The number of carbonyl (C=O) groups is 1. The number of halogens is 1. The van der Waals surface area contributed by atoms with Gasteiger partial charge in [0.2, 0.25) is 5.95 Å². The summed E-state index contributed by atoms with van der Waals surface area (Å²) in [7, 11) is -1.64. The van der Waals surface area contributed by atoms with Crippen molar-refractivity contribution in [2.75, 3.05) is 18.9 Å². The van der Waals surface area contributed by atoms with E-state index < -0.39 is 38.7 Å².